The number of carbonyl (C=O) groups is 1. The van der Waals surface area contributed by atoms with Gasteiger partial charge in [-0.25, -0.2) is 0 Å². The highest BCUT2D eigenvalue weighted by Crippen LogP contribution is 2.36. The number of amides is 1. The summed E-state index contributed by atoms with van der Waals surface area (Å²) in [6, 6.07) is 13.8. The molecule has 0 spiro atoms. The topological polar surface area (TPSA) is 38.8 Å². The highest BCUT2D eigenvalue weighted by molar-refractivity contribution is 9.10. The molecule has 25 heavy (non-hydrogen) atoms. The van der Waals surface area contributed by atoms with Crippen molar-refractivity contribution < 1.29 is 14.3 Å². The average molecular weight is 402 g/mol. The van der Waals surface area contributed by atoms with Crippen LogP contribution in [0.3, 0.4) is 0 Å². The molecule has 0 saturated carbocycles. The minimum Gasteiger partial charge on any atom is -0.495 e. The number of methoxy groups -OCH3 is 2. The summed E-state index contributed by atoms with van der Waals surface area (Å²) in [4.78, 5) is 14.7. The van der Waals surface area contributed by atoms with E-state index in [9.17, 15) is 4.79 Å². The fraction of sp³-hybridized carbons (Fsp3) is 0.250. The van der Waals surface area contributed by atoms with Crippen LogP contribution in [-0.4, -0.2) is 38.1 Å². The van der Waals surface area contributed by atoms with Gasteiger partial charge >= 0.3 is 0 Å². The lowest BCUT2D eigenvalue weighted by Gasteiger charge is -2.27. The predicted octanol–water partition coefficient (Wildman–Crippen LogP) is 4.40. The second-order valence-electron chi connectivity index (χ2n) is 5.79. The molecule has 2 aromatic rings. The predicted molar refractivity (Wildman–Crippen MR) is 102 cm³/mol. The Labute approximate surface area is 156 Å². The number of hydrogen-bond acceptors (Lipinski definition) is 3. The van der Waals surface area contributed by atoms with Gasteiger partial charge in [-0.1, -0.05) is 36.4 Å². The number of rotatable bonds is 4. The van der Waals surface area contributed by atoms with Crippen molar-refractivity contribution >= 4 is 27.4 Å². The number of ether oxygens (including phenoxy) is 2. The summed E-state index contributed by atoms with van der Waals surface area (Å²) in [5, 5.41) is 0. The van der Waals surface area contributed by atoms with Crippen LogP contribution in [0.4, 0.5) is 0 Å². The molecule has 3 rings (SSSR count). The number of nitrogens with zero attached hydrogens (tertiary/aromatic N) is 1. The highest BCUT2D eigenvalue weighted by atomic mass is 79.9. The molecule has 1 aliphatic rings. The molecule has 5 heteroatoms. The third-order valence-corrected chi connectivity index (χ3v) is 5.12. The maximum Gasteiger partial charge on any atom is 0.254 e. The van der Waals surface area contributed by atoms with Gasteiger partial charge in [-0.3, -0.25) is 4.79 Å². The smallest absolute Gasteiger partial charge is 0.254 e. The Bertz CT molecular complexity index is 777. The van der Waals surface area contributed by atoms with Gasteiger partial charge in [-0.05, 0) is 45.6 Å². The van der Waals surface area contributed by atoms with E-state index in [4.69, 9.17) is 9.47 Å². The zero-order valence-electron chi connectivity index (χ0n) is 14.3. The van der Waals surface area contributed by atoms with E-state index in [1.165, 1.54) is 11.1 Å². The monoisotopic (exact) mass is 401 g/mol. The van der Waals surface area contributed by atoms with Gasteiger partial charge in [0, 0.05) is 18.7 Å². The van der Waals surface area contributed by atoms with E-state index in [2.05, 4.69) is 34.1 Å². The summed E-state index contributed by atoms with van der Waals surface area (Å²) in [5.41, 5.74) is 3.07. The standard InChI is InChI=1S/C20H20BrNO3/c1-24-17-12-16(13-18(25-2)19(17)21)20(23)22-10-8-15(9-11-22)14-6-4-3-5-7-14/h3-8,12-13H,9-11H2,1-2H3. The van der Waals surface area contributed by atoms with E-state index in [0.29, 0.717) is 34.6 Å². The molecule has 0 bridgehead atoms. The second-order valence-corrected chi connectivity index (χ2v) is 6.58. The number of benzene rings is 2. The summed E-state index contributed by atoms with van der Waals surface area (Å²) >= 11 is 3.43. The normalized spacial score (nSPS) is 14.0. The van der Waals surface area contributed by atoms with Crippen LogP contribution in [0.15, 0.2) is 53.0 Å². The van der Waals surface area contributed by atoms with Gasteiger partial charge in [0.2, 0.25) is 0 Å². The van der Waals surface area contributed by atoms with Crippen molar-refractivity contribution in [1.82, 2.24) is 4.90 Å². The third-order valence-electron chi connectivity index (χ3n) is 4.33. The zero-order chi connectivity index (χ0) is 17.8. The maximum atomic E-state index is 12.9. The molecule has 1 aliphatic heterocycles. The third kappa shape index (κ3) is 3.71. The van der Waals surface area contributed by atoms with E-state index < -0.39 is 0 Å². The van der Waals surface area contributed by atoms with Crippen molar-refractivity contribution in [2.45, 2.75) is 6.42 Å². The largest absolute Gasteiger partial charge is 0.495 e. The van der Waals surface area contributed by atoms with Crippen LogP contribution in [0.1, 0.15) is 22.3 Å². The minimum atomic E-state index is -0.0209. The van der Waals surface area contributed by atoms with Gasteiger partial charge in [0.15, 0.2) is 0 Å². The van der Waals surface area contributed by atoms with E-state index in [-0.39, 0.29) is 5.91 Å². The molecular weight excluding hydrogens is 382 g/mol. The van der Waals surface area contributed by atoms with Crippen molar-refractivity contribution in [3.8, 4) is 11.5 Å². The van der Waals surface area contributed by atoms with Crippen molar-refractivity contribution in [2.75, 3.05) is 27.3 Å². The molecule has 0 saturated heterocycles. The molecule has 1 heterocycles. The molecule has 0 N–H and O–H groups in total. The molecule has 0 fully saturated rings. The first-order valence-corrected chi connectivity index (χ1v) is 8.88. The van der Waals surface area contributed by atoms with Crippen molar-refractivity contribution in [3.05, 3.63) is 64.1 Å². The summed E-state index contributed by atoms with van der Waals surface area (Å²) in [5.74, 6) is 1.15. The first-order valence-electron chi connectivity index (χ1n) is 8.09. The van der Waals surface area contributed by atoms with Crippen LogP contribution < -0.4 is 9.47 Å². The van der Waals surface area contributed by atoms with Crippen LogP contribution in [0.5, 0.6) is 11.5 Å². The van der Waals surface area contributed by atoms with Gasteiger partial charge in [0.1, 0.15) is 16.0 Å². The quantitative estimate of drug-likeness (QED) is 0.761. The number of carbonyl (C=O) groups excluding carboxylic acids is 1. The zero-order valence-corrected chi connectivity index (χ0v) is 15.9. The molecular formula is C20H20BrNO3. The number of halogens is 1. The molecule has 0 aromatic heterocycles. The van der Waals surface area contributed by atoms with Gasteiger partial charge in [0.05, 0.1) is 14.2 Å². The van der Waals surface area contributed by atoms with Gasteiger partial charge in [-0.2, -0.15) is 0 Å². The Morgan fingerprint density at radius 1 is 1.08 bits per heavy atom. The summed E-state index contributed by atoms with van der Waals surface area (Å²) in [6.45, 7) is 1.30. The Kier molecular flexibility index (Phi) is 5.43. The van der Waals surface area contributed by atoms with Crippen LogP contribution >= 0.6 is 15.9 Å². The molecule has 0 unspecified atom stereocenters. The van der Waals surface area contributed by atoms with Crippen LogP contribution in [-0.2, 0) is 0 Å². The molecule has 1 amide bonds. The van der Waals surface area contributed by atoms with Gasteiger partial charge in [0.25, 0.3) is 5.91 Å². The molecule has 2 aromatic carbocycles. The van der Waals surface area contributed by atoms with Gasteiger partial charge in [-0.15, -0.1) is 0 Å². The maximum absolute atomic E-state index is 12.9. The Balaban J connectivity index is 1.80. The lowest BCUT2D eigenvalue weighted by molar-refractivity contribution is 0.0772. The summed E-state index contributed by atoms with van der Waals surface area (Å²) < 4.78 is 11.4. The van der Waals surface area contributed by atoms with Gasteiger partial charge < -0.3 is 14.4 Å². The van der Waals surface area contributed by atoms with E-state index in [1.807, 2.05) is 23.1 Å². The second kappa shape index (κ2) is 7.74. The lowest BCUT2D eigenvalue weighted by Crippen LogP contribution is -2.34. The Morgan fingerprint density at radius 2 is 1.72 bits per heavy atom. The van der Waals surface area contributed by atoms with Crippen molar-refractivity contribution in [1.29, 1.82) is 0 Å². The van der Waals surface area contributed by atoms with Crippen molar-refractivity contribution in [3.63, 3.8) is 0 Å². The molecule has 130 valence electrons. The molecule has 0 radical (unpaired) electrons. The SMILES string of the molecule is COc1cc(C(=O)N2CC=C(c3ccccc3)CC2)cc(OC)c1Br. The van der Waals surface area contributed by atoms with Crippen LogP contribution in [0.25, 0.3) is 5.57 Å². The average Bonchev–Trinajstić information content (AvgIpc) is 2.68. The van der Waals surface area contributed by atoms with E-state index in [0.717, 1.165) is 6.42 Å². The summed E-state index contributed by atoms with van der Waals surface area (Å²) in [6.07, 6.45) is 2.98. The fourth-order valence-corrected chi connectivity index (χ4v) is 3.50. The van der Waals surface area contributed by atoms with Crippen molar-refractivity contribution in [2.24, 2.45) is 0 Å². The van der Waals surface area contributed by atoms with E-state index in [1.54, 1.807) is 26.4 Å². The minimum absolute atomic E-state index is 0.0209. The lowest BCUT2D eigenvalue weighted by atomic mass is 9.99. The van der Waals surface area contributed by atoms with Crippen LogP contribution in [0, 0.1) is 0 Å². The summed E-state index contributed by atoms with van der Waals surface area (Å²) in [7, 11) is 3.15. The van der Waals surface area contributed by atoms with Crippen LogP contribution in [0.2, 0.25) is 0 Å². The Hall–Kier alpha value is -2.27. The Morgan fingerprint density at radius 3 is 2.24 bits per heavy atom. The molecule has 4 nitrogen and oxygen atoms in total. The highest BCUT2D eigenvalue weighted by Gasteiger charge is 2.22. The molecule has 0 aliphatic carbocycles. The fourth-order valence-electron chi connectivity index (χ4n) is 2.94. The first kappa shape index (κ1) is 17.5. The first-order chi connectivity index (χ1) is 12.1. The molecule has 0 atom stereocenters. The van der Waals surface area contributed by atoms with E-state index >= 15 is 0 Å². The number of hydrogen-bond donors (Lipinski definition) is 0.